The maximum Gasteiger partial charge on any atom is 0.243 e. The zero-order chi connectivity index (χ0) is 25.4. The van der Waals surface area contributed by atoms with Gasteiger partial charge in [-0.15, -0.1) is 11.8 Å². The fourth-order valence-corrected chi connectivity index (χ4v) is 4.93. The molecule has 4 nitrogen and oxygen atoms in total. The molecule has 6 heteroatoms. The molecule has 0 aliphatic heterocycles. The van der Waals surface area contributed by atoms with Crippen molar-refractivity contribution in [1.29, 1.82) is 0 Å². The lowest BCUT2D eigenvalue weighted by atomic mass is 10.0. The standard InChI is InChI=1S/C29H33BrN2O2S/c1-21-13-15-25(16-14-21)35-20-27(33)32(19-23-11-8-12-24(30)17-23)26(28(34)31-29(2,3)4)18-22-9-6-5-7-10-22/h5-17,26H,18-20H2,1-4H3,(H,31,34). The van der Waals surface area contributed by atoms with Crippen LogP contribution in [0, 0.1) is 6.92 Å². The van der Waals surface area contributed by atoms with Gasteiger partial charge in [-0.1, -0.05) is 76.1 Å². The second-order valence-corrected chi connectivity index (χ2v) is 11.7. The molecule has 0 saturated heterocycles. The van der Waals surface area contributed by atoms with Crippen molar-refractivity contribution >= 4 is 39.5 Å². The molecule has 35 heavy (non-hydrogen) atoms. The van der Waals surface area contributed by atoms with E-state index in [1.54, 1.807) is 4.90 Å². The molecule has 0 bridgehead atoms. The first-order valence-corrected chi connectivity index (χ1v) is 13.5. The lowest BCUT2D eigenvalue weighted by molar-refractivity contribution is -0.140. The number of benzene rings is 3. The first kappa shape index (κ1) is 27.0. The van der Waals surface area contributed by atoms with Crippen LogP contribution in [-0.4, -0.2) is 34.0 Å². The van der Waals surface area contributed by atoms with Crippen molar-refractivity contribution in [3.8, 4) is 0 Å². The van der Waals surface area contributed by atoms with Crippen molar-refractivity contribution in [1.82, 2.24) is 10.2 Å². The third kappa shape index (κ3) is 8.86. The lowest BCUT2D eigenvalue weighted by Gasteiger charge is -2.34. The minimum Gasteiger partial charge on any atom is -0.350 e. The van der Waals surface area contributed by atoms with Crippen molar-refractivity contribution in [3.63, 3.8) is 0 Å². The van der Waals surface area contributed by atoms with Crippen molar-refractivity contribution in [2.45, 2.75) is 57.1 Å². The monoisotopic (exact) mass is 552 g/mol. The number of nitrogens with zero attached hydrogens (tertiary/aromatic N) is 1. The summed E-state index contributed by atoms with van der Waals surface area (Å²) < 4.78 is 0.940. The van der Waals surface area contributed by atoms with E-state index in [1.165, 1.54) is 17.3 Å². The largest absolute Gasteiger partial charge is 0.350 e. The van der Waals surface area contributed by atoms with Gasteiger partial charge in [0.15, 0.2) is 0 Å². The first-order chi connectivity index (χ1) is 16.6. The zero-order valence-corrected chi connectivity index (χ0v) is 23.2. The molecule has 0 aromatic heterocycles. The number of rotatable bonds is 9. The highest BCUT2D eigenvalue weighted by Crippen LogP contribution is 2.23. The van der Waals surface area contributed by atoms with Gasteiger partial charge in [-0.05, 0) is 63.1 Å². The molecule has 0 radical (unpaired) electrons. The summed E-state index contributed by atoms with van der Waals surface area (Å²) in [6.07, 6.45) is 0.442. The molecule has 0 heterocycles. The van der Waals surface area contributed by atoms with Crippen LogP contribution in [0.25, 0.3) is 0 Å². The molecule has 0 aliphatic rings. The zero-order valence-electron chi connectivity index (χ0n) is 20.8. The molecular weight excluding hydrogens is 520 g/mol. The van der Waals surface area contributed by atoms with Gasteiger partial charge in [0.1, 0.15) is 6.04 Å². The highest BCUT2D eigenvalue weighted by molar-refractivity contribution is 9.10. The van der Waals surface area contributed by atoms with Gasteiger partial charge in [0.05, 0.1) is 5.75 Å². The molecule has 1 N–H and O–H groups in total. The molecular formula is C29H33BrN2O2S. The van der Waals surface area contributed by atoms with Crippen LogP contribution in [0.5, 0.6) is 0 Å². The minimum atomic E-state index is -0.637. The second-order valence-electron chi connectivity index (χ2n) is 9.70. The number of amides is 2. The summed E-state index contributed by atoms with van der Waals surface area (Å²) in [5.41, 5.74) is 2.75. The van der Waals surface area contributed by atoms with E-state index in [4.69, 9.17) is 0 Å². The summed E-state index contributed by atoms with van der Waals surface area (Å²) in [6, 6.07) is 25.3. The van der Waals surface area contributed by atoms with Crippen molar-refractivity contribution in [2.24, 2.45) is 0 Å². The number of hydrogen-bond acceptors (Lipinski definition) is 3. The molecule has 1 unspecified atom stereocenters. The van der Waals surface area contributed by atoms with E-state index in [1.807, 2.05) is 107 Å². The number of thioether (sulfide) groups is 1. The molecule has 0 aliphatic carbocycles. The summed E-state index contributed by atoms with van der Waals surface area (Å²) in [5.74, 6) is 0.0381. The number of hydrogen-bond donors (Lipinski definition) is 1. The Morgan fingerprint density at radius 3 is 2.23 bits per heavy atom. The lowest BCUT2D eigenvalue weighted by Crippen LogP contribution is -2.54. The quantitative estimate of drug-likeness (QED) is 0.312. The van der Waals surface area contributed by atoms with E-state index >= 15 is 0 Å². The average molecular weight is 554 g/mol. The van der Waals surface area contributed by atoms with Crippen LogP contribution in [0.2, 0.25) is 0 Å². The van der Waals surface area contributed by atoms with Crippen LogP contribution in [0.4, 0.5) is 0 Å². The Hall–Kier alpha value is -2.57. The number of aryl methyl sites for hydroxylation is 1. The van der Waals surface area contributed by atoms with Crippen LogP contribution in [0.15, 0.2) is 88.2 Å². The predicted octanol–water partition coefficient (Wildman–Crippen LogP) is 6.40. The number of nitrogens with one attached hydrogen (secondary N) is 1. The SMILES string of the molecule is Cc1ccc(SCC(=O)N(Cc2cccc(Br)c2)C(Cc2ccccc2)C(=O)NC(C)(C)C)cc1. The summed E-state index contributed by atoms with van der Waals surface area (Å²) >= 11 is 5.02. The van der Waals surface area contributed by atoms with E-state index < -0.39 is 11.6 Å². The molecule has 1 atom stereocenters. The van der Waals surface area contributed by atoms with Crippen molar-refractivity contribution < 1.29 is 9.59 Å². The topological polar surface area (TPSA) is 49.4 Å². The first-order valence-electron chi connectivity index (χ1n) is 11.7. The highest BCUT2D eigenvalue weighted by atomic mass is 79.9. The van der Waals surface area contributed by atoms with Crippen molar-refractivity contribution in [3.05, 3.63) is 100 Å². The molecule has 0 spiro atoms. The smallest absolute Gasteiger partial charge is 0.243 e. The van der Waals surface area contributed by atoms with Crippen LogP contribution >= 0.6 is 27.7 Å². The van der Waals surface area contributed by atoms with Gasteiger partial charge in [-0.25, -0.2) is 0 Å². The van der Waals surface area contributed by atoms with Crippen LogP contribution in [0.1, 0.15) is 37.5 Å². The van der Waals surface area contributed by atoms with Crippen LogP contribution in [0.3, 0.4) is 0 Å². The van der Waals surface area contributed by atoms with E-state index in [0.29, 0.717) is 13.0 Å². The summed E-state index contributed by atoms with van der Waals surface area (Å²) in [5, 5.41) is 3.10. The summed E-state index contributed by atoms with van der Waals surface area (Å²) in [7, 11) is 0. The minimum absolute atomic E-state index is 0.0689. The van der Waals surface area contributed by atoms with Crippen LogP contribution in [-0.2, 0) is 22.6 Å². The Morgan fingerprint density at radius 2 is 1.60 bits per heavy atom. The molecule has 184 valence electrons. The maximum atomic E-state index is 13.7. The predicted molar refractivity (Wildman–Crippen MR) is 148 cm³/mol. The second kappa shape index (κ2) is 12.4. The van der Waals surface area contributed by atoms with Gasteiger partial charge in [-0.2, -0.15) is 0 Å². The Kier molecular flexibility index (Phi) is 9.58. The highest BCUT2D eigenvalue weighted by Gasteiger charge is 2.32. The van der Waals surface area contributed by atoms with E-state index in [9.17, 15) is 9.59 Å². The molecule has 3 aromatic rings. The number of halogens is 1. The fraction of sp³-hybridized carbons (Fsp3) is 0.310. The van der Waals surface area contributed by atoms with Gasteiger partial charge < -0.3 is 10.2 Å². The number of carbonyl (C=O) groups is 2. The van der Waals surface area contributed by atoms with E-state index in [-0.39, 0.29) is 17.6 Å². The van der Waals surface area contributed by atoms with Gasteiger partial charge in [0, 0.05) is 27.9 Å². The van der Waals surface area contributed by atoms with Gasteiger partial charge in [-0.3, -0.25) is 9.59 Å². The molecule has 0 fully saturated rings. The summed E-state index contributed by atoms with van der Waals surface area (Å²) in [6.45, 7) is 8.26. The van der Waals surface area contributed by atoms with Crippen LogP contribution < -0.4 is 5.32 Å². The van der Waals surface area contributed by atoms with Gasteiger partial charge in [0.25, 0.3) is 0 Å². The molecule has 3 aromatic carbocycles. The Labute approximate surface area is 221 Å². The van der Waals surface area contributed by atoms with Gasteiger partial charge in [0.2, 0.25) is 11.8 Å². The Balaban J connectivity index is 1.92. The normalized spacial score (nSPS) is 12.1. The van der Waals surface area contributed by atoms with E-state index in [0.717, 1.165) is 20.5 Å². The average Bonchev–Trinajstić information content (AvgIpc) is 2.80. The maximum absolute atomic E-state index is 13.7. The third-order valence-corrected chi connectivity index (χ3v) is 6.88. The van der Waals surface area contributed by atoms with Crippen molar-refractivity contribution in [2.75, 3.05) is 5.75 Å². The third-order valence-electron chi connectivity index (χ3n) is 5.39. The summed E-state index contributed by atoms with van der Waals surface area (Å²) in [4.78, 5) is 30.0. The molecule has 0 saturated carbocycles. The van der Waals surface area contributed by atoms with E-state index in [2.05, 4.69) is 21.2 Å². The fourth-order valence-electron chi connectivity index (χ4n) is 3.70. The molecule has 3 rings (SSSR count). The Bertz CT molecular complexity index is 1130. The van der Waals surface area contributed by atoms with Gasteiger partial charge >= 0.3 is 0 Å². The number of carbonyl (C=O) groups excluding carboxylic acids is 2. The Morgan fingerprint density at radius 1 is 0.943 bits per heavy atom. The molecule has 2 amide bonds.